The molecule has 18 nitrogen and oxygen atoms in total. The van der Waals surface area contributed by atoms with Crippen LogP contribution in [0.3, 0.4) is 0 Å². The summed E-state index contributed by atoms with van der Waals surface area (Å²) >= 11 is 1.46. The molecule has 0 bridgehead atoms. The number of pyridine rings is 1. The fourth-order valence-electron chi connectivity index (χ4n) is 2.68. The smallest absolute Gasteiger partial charge is 0.339 e. The number of rotatable bonds is 13. The Labute approximate surface area is 264 Å². The summed E-state index contributed by atoms with van der Waals surface area (Å²) in [5, 5.41) is 13.3. The molecule has 19 heteroatoms. The normalized spacial score (nSPS) is 11.8. The molecule has 0 saturated carbocycles. The van der Waals surface area contributed by atoms with Gasteiger partial charge < -0.3 is 39.5 Å². The molecule has 1 fully saturated rings. The fraction of sp³-hybridized carbons (Fsp3) is 0.577. The average Bonchev–Trinajstić information content (AvgIpc) is 3.03. The molecule has 1 aliphatic heterocycles. The van der Waals surface area contributed by atoms with E-state index in [0.29, 0.717) is 0 Å². The lowest BCUT2D eigenvalue weighted by Crippen LogP contribution is -2.46. The molecular weight excluding hydrogens is 624 g/mol. The Morgan fingerprint density at radius 1 is 1.02 bits per heavy atom. The SMILES string of the molecule is CCOC(=O)C(CC)(COC(=O)COCC(=O)NC)C(=O)OCC.CN.CSc1ccc([N+](=O)[O-])cn1.O=C1COCC(=O)O1. The molecule has 1 aromatic heterocycles. The van der Waals surface area contributed by atoms with Crippen molar-refractivity contribution < 1.29 is 62.1 Å². The maximum atomic E-state index is 12.2. The first-order chi connectivity index (χ1) is 21.4. The van der Waals surface area contributed by atoms with E-state index in [1.54, 1.807) is 26.8 Å². The monoisotopic (exact) mass is 664 g/mol. The predicted octanol–water partition coefficient (Wildman–Crippen LogP) is 0.188. The van der Waals surface area contributed by atoms with Gasteiger partial charge in [-0.2, -0.15) is 0 Å². The molecule has 0 atom stereocenters. The molecular formula is C26H40N4O14S. The summed E-state index contributed by atoms with van der Waals surface area (Å²) in [5.74, 6) is -4.06. The second kappa shape index (κ2) is 25.2. The van der Waals surface area contributed by atoms with E-state index in [4.69, 9.17) is 18.9 Å². The van der Waals surface area contributed by atoms with E-state index < -0.39 is 59.3 Å². The van der Waals surface area contributed by atoms with Crippen LogP contribution in [-0.2, 0) is 57.2 Å². The van der Waals surface area contributed by atoms with Gasteiger partial charge in [0.15, 0.2) is 5.41 Å². The second-order valence-corrected chi connectivity index (χ2v) is 8.68. The highest BCUT2D eigenvalue weighted by Crippen LogP contribution is 2.27. The van der Waals surface area contributed by atoms with Crippen molar-refractivity contribution >= 4 is 53.2 Å². The first-order valence-electron chi connectivity index (χ1n) is 13.2. The summed E-state index contributed by atoms with van der Waals surface area (Å²) in [4.78, 5) is 80.7. The van der Waals surface area contributed by atoms with Gasteiger partial charge in [0.1, 0.15) is 39.2 Å². The number of hydrogen-bond donors (Lipinski definition) is 2. The number of cyclic esters (lactones) is 2. The highest BCUT2D eigenvalue weighted by atomic mass is 32.2. The van der Waals surface area contributed by atoms with Crippen LogP contribution in [-0.4, -0.2) is 112 Å². The van der Waals surface area contributed by atoms with Gasteiger partial charge in [0.05, 0.1) is 23.2 Å². The topological polar surface area (TPSA) is 252 Å². The molecule has 0 unspecified atom stereocenters. The number of hydrogen-bond acceptors (Lipinski definition) is 17. The lowest BCUT2D eigenvalue weighted by Gasteiger charge is -2.27. The highest BCUT2D eigenvalue weighted by Gasteiger charge is 2.49. The van der Waals surface area contributed by atoms with Crippen LogP contribution in [0.25, 0.3) is 0 Å². The van der Waals surface area contributed by atoms with Crippen molar-refractivity contribution in [2.45, 2.75) is 32.2 Å². The third kappa shape index (κ3) is 17.6. The van der Waals surface area contributed by atoms with Gasteiger partial charge in [-0.05, 0) is 39.6 Å². The molecule has 0 radical (unpaired) electrons. The van der Waals surface area contributed by atoms with E-state index in [-0.39, 0.29) is 45.1 Å². The number of amides is 1. The van der Waals surface area contributed by atoms with Crippen molar-refractivity contribution in [3.8, 4) is 0 Å². The van der Waals surface area contributed by atoms with Gasteiger partial charge in [-0.3, -0.25) is 24.5 Å². The summed E-state index contributed by atoms with van der Waals surface area (Å²) in [6.45, 7) is 3.40. The van der Waals surface area contributed by atoms with Gasteiger partial charge in [0, 0.05) is 13.1 Å². The number of likely N-dealkylation sites (N-methyl/N-ethyl adjacent to an activating group) is 1. The van der Waals surface area contributed by atoms with E-state index in [0.717, 1.165) is 5.03 Å². The summed E-state index contributed by atoms with van der Waals surface area (Å²) in [7, 11) is 2.93. The lowest BCUT2D eigenvalue weighted by molar-refractivity contribution is -0.385. The molecule has 254 valence electrons. The lowest BCUT2D eigenvalue weighted by atomic mass is 9.86. The highest BCUT2D eigenvalue weighted by molar-refractivity contribution is 7.98. The Morgan fingerprint density at radius 2 is 1.58 bits per heavy atom. The van der Waals surface area contributed by atoms with Crippen LogP contribution in [0.2, 0.25) is 0 Å². The van der Waals surface area contributed by atoms with Gasteiger partial charge in [0.2, 0.25) is 5.91 Å². The summed E-state index contributed by atoms with van der Waals surface area (Å²) in [6.07, 6.45) is 3.16. The van der Waals surface area contributed by atoms with Crippen molar-refractivity contribution in [1.82, 2.24) is 10.3 Å². The van der Waals surface area contributed by atoms with Crippen LogP contribution in [0.5, 0.6) is 0 Å². The quantitative estimate of drug-likeness (QED) is 0.0712. The summed E-state index contributed by atoms with van der Waals surface area (Å²) < 4.78 is 28.2. The van der Waals surface area contributed by atoms with E-state index in [9.17, 15) is 38.9 Å². The summed E-state index contributed by atoms with van der Waals surface area (Å²) in [6, 6.07) is 3.07. The second-order valence-electron chi connectivity index (χ2n) is 7.86. The number of aromatic nitrogens is 1. The van der Waals surface area contributed by atoms with Crippen LogP contribution in [0.4, 0.5) is 5.69 Å². The van der Waals surface area contributed by atoms with Crippen LogP contribution >= 0.6 is 11.8 Å². The van der Waals surface area contributed by atoms with Gasteiger partial charge >= 0.3 is 29.8 Å². The Bertz CT molecular complexity index is 1070. The largest absolute Gasteiger partial charge is 0.465 e. The van der Waals surface area contributed by atoms with Gasteiger partial charge in [-0.1, -0.05) is 6.92 Å². The third-order valence-corrected chi connectivity index (χ3v) is 5.62. The zero-order valence-electron chi connectivity index (χ0n) is 26.0. The number of thioether (sulfide) groups is 1. The molecule has 0 aliphatic carbocycles. The molecule has 1 aliphatic rings. The fourth-order valence-corrected chi connectivity index (χ4v) is 3.04. The number of nitrogens with two attached hydrogens (primary N) is 1. The third-order valence-electron chi connectivity index (χ3n) is 4.96. The molecule has 45 heavy (non-hydrogen) atoms. The minimum atomic E-state index is -1.72. The molecule has 1 saturated heterocycles. The van der Waals surface area contributed by atoms with Crippen molar-refractivity contribution in [1.29, 1.82) is 0 Å². The standard InChI is InChI=1S/C15H25NO8.C6H6N2O2S.C4H4O4.CH5N/c1-5-15(13(19)22-6-2,14(20)23-7-3)10-24-12(18)9-21-8-11(17)16-4;1-11-6-3-2-5(4-7-6)8(9)10;5-3-1-7-2-4(6)8-3;1-2/h5-10H2,1-4H3,(H,16,17);2-4H,1H3;1-2H2;2H2,1H3. The molecule has 2 rings (SSSR count). The zero-order valence-corrected chi connectivity index (χ0v) is 26.8. The molecule has 1 amide bonds. The van der Waals surface area contributed by atoms with Crippen LogP contribution in [0.15, 0.2) is 23.4 Å². The maximum absolute atomic E-state index is 12.2. The Balaban J connectivity index is 0. The van der Waals surface area contributed by atoms with Crippen molar-refractivity contribution in [3.63, 3.8) is 0 Å². The van der Waals surface area contributed by atoms with Crippen LogP contribution in [0.1, 0.15) is 27.2 Å². The average molecular weight is 665 g/mol. The van der Waals surface area contributed by atoms with Crippen molar-refractivity contribution in [2.24, 2.45) is 11.1 Å². The number of carbonyl (C=O) groups is 6. The molecule has 0 spiro atoms. The predicted molar refractivity (Wildman–Crippen MR) is 157 cm³/mol. The van der Waals surface area contributed by atoms with Crippen molar-refractivity contribution in [2.75, 3.05) is 66.6 Å². The van der Waals surface area contributed by atoms with Gasteiger partial charge in [-0.25, -0.2) is 19.4 Å². The number of esters is 5. The molecule has 3 N–H and O–H groups in total. The number of carbonyl (C=O) groups excluding carboxylic acids is 6. The zero-order chi connectivity index (χ0) is 34.8. The van der Waals surface area contributed by atoms with E-state index in [1.807, 2.05) is 6.26 Å². The van der Waals surface area contributed by atoms with E-state index >= 15 is 0 Å². The number of nitrogens with one attached hydrogen (secondary N) is 1. The maximum Gasteiger partial charge on any atom is 0.339 e. The summed E-state index contributed by atoms with van der Waals surface area (Å²) in [5.41, 5.74) is 2.81. The van der Waals surface area contributed by atoms with Crippen molar-refractivity contribution in [3.05, 3.63) is 28.4 Å². The Kier molecular flexibility index (Phi) is 24.0. The Hall–Kier alpha value is -4.20. The molecule has 1 aromatic rings. The minimum Gasteiger partial charge on any atom is -0.465 e. The first-order valence-corrected chi connectivity index (χ1v) is 14.4. The minimum absolute atomic E-state index is 0.0304. The number of nitro groups is 1. The van der Waals surface area contributed by atoms with Gasteiger partial charge in [0.25, 0.3) is 5.69 Å². The van der Waals surface area contributed by atoms with Crippen LogP contribution < -0.4 is 11.1 Å². The number of ether oxygens (including phenoxy) is 6. The molecule has 2 heterocycles. The van der Waals surface area contributed by atoms with E-state index in [2.05, 4.69) is 25.5 Å². The number of nitrogens with zero attached hydrogens (tertiary/aromatic N) is 2. The Morgan fingerprint density at radius 3 is 1.93 bits per heavy atom. The van der Waals surface area contributed by atoms with Crippen LogP contribution in [0, 0.1) is 15.5 Å². The van der Waals surface area contributed by atoms with Gasteiger partial charge in [-0.15, -0.1) is 11.8 Å². The van der Waals surface area contributed by atoms with E-state index in [1.165, 1.54) is 38.1 Å². The molecule has 0 aromatic carbocycles. The first kappa shape index (κ1) is 42.9.